The fourth-order valence-electron chi connectivity index (χ4n) is 6.22. The largest absolute Gasteiger partial charge is 0.756 e. The minimum atomic E-state index is -5.84. The third kappa shape index (κ3) is 8.49. The Balaban J connectivity index is 1.12. The summed E-state index contributed by atoms with van der Waals surface area (Å²) in [5, 5.41) is 53.6. The van der Waals surface area contributed by atoms with Crippen LogP contribution in [0.2, 0.25) is 0 Å². The van der Waals surface area contributed by atoms with Crippen molar-refractivity contribution in [3.8, 4) is 11.5 Å². The van der Waals surface area contributed by atoms with Crippen LogP contribution in [0.1, 0.15) is 36.0 Å². The number of anilines is 1. The molecular weight excluding hydrogens is 816 g/mol. The number of aliphatic hydroxyl groups is 5. The maximum atomic E-state index is 13.4. The van der Waals surface area contributed by atoms with Crippen LogP contribution in [-0.2, 0) is 33.8 Å². The van der Waals surface area contributed by atoms with Crippen molar-refractivity contribution in [1.82, 2.24) is 34.1 Å². The quantitative estimate of drug-likeness (QED) is 0.0316. The number of nitrogens with zero attached hydrogens (tertiary/aromatic N) is 7. The van der Waals surface area contributed by atoms with Gasteiger partial charge in [0.1, 0.15) is 54.0 Å². The molecule has 2 aromatic heterocycles. The van der Waals surface area contributed by atoms with Crippen molar-refractivity contribution in [3.05, 3.63) is 56.8 Å². The molecule has 0 spiro atoms. The van der Waals surface area contributed by atoms with E-state index in [1.54, 1.807) is 39.8 Å². The standard InChI is InChI=1S/C31H39N9O16P2/c1-12(2)29(47)40-16-6-14(4)13(3)5-15(16)38(27-21(40)28(46)37-31(48)36-27)7-17(41)22(43)18(42)8-53-57(49,50)56-58(51,52)54-9-19-23(44)24(45)30(55-19)39-11-35-20-25(32)33-10-34-26(20)39/h5-6,10-12,17-19,22-24,30,41-45H,7-9H2,1-4H3,(H4-,32,33,34,37,46,48,49,50,51,52)/t17-,18+,19+,22-,23+,24+,30+/m0/s1. The average molecular weight is 856 g/mol. The van der Waals surface area contributed by atoms with Crippen LogP contribution in [0.5, 0.6) is 0 Å². The zero-order chi connectivity index (χ0) is 42.6. The van der Waals surface area contributed by atoms with Gasteiger partial charge in [-0.25, -0.2) is 33.4 Å². The van der Waals surface area contributed by atoms with Crippen molar-refractivity contribution in [2.75, 3.05) is 18.9 Å². The number of nitrogen functional groups attached to an aromatic ring is 1. The fraction of sp³-hybridized carbons (Fsp3) is 0.484. The number of phosphoric ester groups is 2. The first-order chi connectivity index (χ1) is 27.1. The molecule has 0 amide bonds. The van der Waals surface area contributed by atoms with Crippen LogP contribution in [-0.4, -0.2) is 120 Å². The Hall–Kier alpha value is -4.46. The summed E-state index contributed by atoms with van der Waals surface area (Å²) in [6.07, 6.45) is -10.4. The zero-order valence-electron chi connectivity index (χ0n) is 30.9. The predicted molar refractivity (Wildman–Crippen MR) is 192 cm³/mol. The van der Waals surface area contributed by atoms with Gasteiger partial charge >= 0.3 is 30.7 Å². The van der Waals surface area contributed by atoms with Gasteiger partial charge in [-0.2, -0.15) is 4.98 Å². The molecule has 1 saturated heterocycles. The Morgan fingerprint density at radius 1 is 1.07 bits per heavy atom. The van der Waals surface area contributed by atoms with E-state index in [0.717, 1.165) is 10.9 Å². The summed E-state index contributed by atoms with van der Waals surface area (Å²) in [7, 11) is -11.4. The van der Waals surface area contributed by atoms with Crippen LogP contribution < -0.4 is 26.4 Å². The van der Waals surface area contributed by atoms with Crippen LogP contribution in [0.15, 0.2) is 34.4 Å². The molecule has 3 aromatic rings. The van der Waals surface area contributed by atoms with E-state index in [2.05, 4.69) is 33.3 Å². The lowest BCUT2D eigenvalue weighted by molar-refractivity contribution is -0.539. The van der Waals surface area contributed by atoms with Gasteiger partial charge in [-0.3, -0.25) is 23.4 Å². The smallest absolute Gasteiger partial charge is 0.478 e. The number of nitrogens with two attached hydrogens (primary N) is 1. The zero-order valence-corrected chi connectivity index (χ0v) is 32.7. The Bertz CT molecular complexity index is 2560. The summed E-state index contributed by atoms with van der Waals surface area (Å²) < 4.78 is 47.5. The molecule has 3 aliphatic heterocycles. The minimum absolute atomic E-state index is 0.0157. The van der Waals surface area contributed by atoms with Crippen LogP contribution in [0.25, 0.3) is 33.7 Å². The van der Waals surface area contributed by atoms with Gasteiger partial charge in [-0.1, -0.05) is 0 Å². The van der Waals surface area contributed by atoms with Gasteiger partial charge < -0.3 is 54.9 Å². The number of benzene rings is 1. The van der Waals surface area contributed by atoms with Crippen molar-refractivity contribution in [2.24, 2.45) is 5.92 Å². The van der Waals surface area contributed by atoms with Gasteiger partial charge in [0.25, 0.3) is 7.82 Å². The highest BCUT2D eigenvalue weighted by Gasteiger charge is 2.46. The topological polar surface area (TPSA) is 374 Å². The number of phosphoric acid groups is 2. The van der Waals surface area contributed by atoms with E-state index >= 15 is 0 Å². The lowest BCUT2D eigenvalue weighted by atomic mass is 10.0. The SMILES string of the molecule is Cc1cc2c(cc1C)[n+](C(=O)C(C)C)c1c(=O)[nH]c(=O)nc-1n2C[C@H](O)[C@H](O)[C@H](O)COP(=O)([O-])OP(=O)(O)OC[C@H]1O[C@@H](n2cnc3c(N)ncnc32)[C@H](O)[C@@H]1O. The van der Waals surface area contributed by atoms with Crippen LogP contribution in [0.3, 0.4) is 0 Å². The molecule has 1 aromatic carbocycles. The number of aromatic amines is 1. The lowest BCUT2D eigenvalue weighted by Gasteiger charge is -2.28. The van der Waals surface area contributed by atoms with Crippen molar-refractivity contribution in [1.29, 1.82) is 0 Å². The van der Waals surface area contributed by atoms with Gasteiger partial charge in [-0.05, 0) is 44.9 Å². The molecule has 1 fully saturated rings. The second-order valence-electron chi connectivity index (χ2n) is 13.8. The number of hydrogen-bond donors (Lipinski definition) is 8. The number of fused-ring (bicyclic) bond motifs is 3. The van der Waals surface area contributed by atoms with E-state index in [0.29, 0.717) is 11.1 Å². The van der Waals surface area contributed by atoms with E-state index in [-0.39, 0.29) is 39.5 Å². The summed E-state index contributed by atoms with van der Waals surface area (Å²) in [5.41, 5.74) is 5.40. The first-order valence-corrected chi connectivity index (χ1v) is 20.2. The maximum Gasteiger partial charge on any atom is 0.478 e. The first-order valence-electron chi connectivity index (χ1n) is 17.3. The summed E-state index contributed by atoms with van der Waals surface area (Å²) >= 11 is 0. The van der Waals surface area contributed by atoms with Crippen molar-refractivity contribution in [3.63, 3.8) is 0 Å². The maximum absolute atomic E-state index is 13.4. The van der Waals surface area contributed by atoms with Gasteiger partial charge in [-0.15, -0.1) is 4.57 Å². The minimum Gasteiger partial charge on any atom is -0.756 e. The Morgan fingerprint density at radius 3 is 2.45 bits per heavy atom. The van der Waals surface area contributed by atoms with Gasteiger partial charge in [0.2, 0.25) is 11.3 Å². The predicted octanol–water partition coefficient (Wildman–Crippen LogP) is -2.87. The third-order valence-electron chi connectivity index (χ3n) is 9.34. The molecule has 9 atom stereocenters. The van der Waals surface area contributed by atoms with Crippen molar-refractivity contribution >= 4 is 49.6 Å². The van der Waals surface area contributed by atoms with Crippen molar-refractivity contribution in [2.45, 2.75) is 77.1 Å². The molecule has 0 saturated carbocycles. The fourth-order valence-corrected chi connectivity index (χ4v) is 8.28. The van der Waals surface area contributed by atoms with Crippen molar-refractivity contribution < 1.29 is 71.9 Å². The highest BCUT2D eigenvalue weighted by Crippen LogP contribution is 2.58. The lowest BCUT2D eigenvalue weighted by Crippen LogP contribution is -2.53. The summed E-state index contributed by atoms with van der Waals surface area (Å²) in [6.45, 7) is 3.65. The Morgan fingerprint density at radius 2 is 1.76 bits per heavy atom. The monoisotopic (exact) mass is 855 g/mol. The van der Waals surface area contributed by atoms with Crippen LogP contribution >= 0.6 is 15.6 Å². The highest BCUT2D eigenvalue weighted by molar-refractivity contribution is 7.60. The number of carbonyl (C=O) groups excluding carboxylic acids is 1. The number of aryl methyl sites for hydroxylation is 2. The molecule has 25 nitrogen and oxygen atoms in total. The highest BCUT2D eigenvalue weighted by atomic mass is 31.3. The van der Waals surface area contributed by atoms with E-state index < -0.39 is 101 Å². The van der Waals surface area contributed by atoms with Gasteiger partial charge in [0.15, 0.2) is 17.7 Å². The summed E-state index contributed by atoms with van der Waals surface area (Å²) in [4.78, 5) is 79.3. The summed E-state index contributed by atoms with van der Waals surface area (Å²) in [6, 6.07) is 3.19. The Labute approximate surface area is 325 Å². The molecule has 2 unspecified atom stereocenters. The third-order valence-corrected chi connectivity index (χ3v) is 11.9. The number of H-pyrrole nitrogens is 1. The number of rotatable bonds is 14. The molecule has 5 heterocycles. The van der Waals surface area contributed by atoms with E-state index in [1.165, 1.54) is 15.5 Å². The van der Waals surface area contributed by atoms with E-state index in [9.17, 15) is 58.8 Å². The van der Waals surface area contributed by atoms with Gasteiger partial charge in [0.05, 0.1) is 32.0 Å². The number of aliphatic hydroxyl groups excluding tert-OH is 5. The number of carbonyl (C=O) groups is 1. The number of hydrogen-bond acceptors (Lipinski definition) is 20. The molecule has 314 valence electrons. The second-order valence-corrected chi connectivity index (χ2v) is 16.8. The molecule has 27 heteroatoms. The average Bonchev–Trinajstić information content (AvgIpc) is 3.70. The van der Waals surface area contributed by atoms with Crippen LogP contribution in [0.4, 0.5) is 5.82 Å². The number of imidazole rings is 1. The van der Waals surface area contributed by atoms with Gasteiger partial charge in [0, 0.05) is 6.07 Å². The normalized spacial score (nSPS) is 22.3. The van der Waals surface area contributed by atoms with Crippen LogP contribution in [0, 0.1) is 19.8 Å². The molecular formula is C31H39N9O16P2. The molecule has 0 radical (unpaired) electrons. The second kappa shape index (κ2) is 16.3. The molecule has 3 aliphatic rings. The Kier molecular flexibility index (Phi) is 12.1. The molecule has 58 heavy (non-hydrogen) atoms. The molecule has 6 rings (SSSR count). The van der Waals surface area contributed by atoms with E-state index in [4.69, 9.17) is 10.5 Å². The number of aromatic nitrogens is 8. The number of ether oxygens (including phenoxy) is 1. The molecule has 0 bridgehead atoms. The number of nitrogens with one attached hydrogen (secondary N) is 1. The first kappa shape index (κ1) is 43.1. The van der Waals surface area contributed by atoms with E-state index in [1.807, 2.05) is 4.98 Å². The molecule has 9 N–H and O–H groups in total. The molecule has 0 aliphatic carbocycles. The summed E-state index contributed by atoms with van der Waals surface area (Å²) in [5.74, 6) is -1.49.